The van der Waals surface area contributed by atoms with Crippen LogP contribution in [-0.2, 0) is 4.79 Å². The average molecular weight is 213 g/mol. The number of carbonyl (C=O) groups excluding carboxylic acids is 1. The van der Waals surface area contributed by atoms with Crippen LogP contribution in [0.5, 0.6) is 0 Å². The quantitative estimate of drug-likeness (QED) is 0.594. The Morgan fingerprint density at radius 1 is 1.27 bits per heavy atom. The minimum Gasteiger partial charge on any atom is -0.356 e. The lowest BCUT2D eigenvalue weighted by atomic mass is 10.3. The highest BCUT2D eigenvalue weighted by Crippen LogP contribution is 2.06. The SMILES string of the molecule is CNCCCNC(=O)CCN1CCCC1. The summed E-state index contributed by atoms with van der Waals surface area (Å²) < 4.78 is 0. The van der Waals surface area contributed by atoms with Crippen molar-refractivity contribution in [3.8, 4) is 0 Å². The second-order valence-electron chi connectivity index (χ2n) is 4.11. The molecule has 4 nitrogen and oxygen atoms in total. The van der Waals surface area contributed by atoms with Crippen LogP contribution in [0, 0.1) is 0 Å². The molecule has 15 heavy (non-hydrogen) atoms. The average Bonchev–Trinajstić information content (AvgIpc) is 2.74. The zero-order valence-corrected chi connectivity index (χ0v) is 9.72. The first kappa shape index (κ1) is 12.5. The van der Waals surface area contributed by atoms with Crippen LogP contribution < -0.4 is 10.6 Å². The summed E-state index contributed by atoms with van der Waals surface area (Å²) in [6.07, 6.45) is 4.25. The molecule has 0 spiro atoms. The van der Waals surface area contributed by atoms with Crippen molar-refractivity contribution >= 4 is 5.91 Å². The molecule has 0 atom stereocenters. The van der Waals surface area contributed by atoms with Crippen molar-refractivity contribution in [3.63, 3.8) is 0 Å². The monoisotopic (exact) mass is 213 g/mol. The van der Waals surface area contributed by atoms with Crippen LogP contribution >= 0.6 is 0 Å². The number of carbonyl (C=O) groups is 1. The van der Waals surface area contributed by atoms with Gasteiger partial charge in [0, 0.05) is 19.5 Å². The highest BCUT2D eigenvalue weighted by molar-refractivity contribution is 5.75. The van der Waals surface area contributed by atoms with Crippen molar-refractivity contribution in [3.05, 3.63) is 0 Å². The lowest BCUT2D eigenvalue weighted by Gasteiger charge is -2.13. The van der Waals surface area contributed by atoms with Gasteiger partial charge in [0.05, 0.1) is 0 Å². The summed E-state index contributed by atoms with van der Waals surface area (Å²) >= 11 is 0. The Hall–Kier alpha value is -0.610. The van der Waals surface area contributed by atoms with Crippen molar-refractivity contribution in [2.75, 3.05) is 39.8 Å². The molecule has 1 fully saturated rings. The van der Waals surface area contributed by atoms with Gasteiger partial charge in [-0.1, -0.05) is 0 Å². The van der Waals surface area contributed by atoms with Crippen LogP contribution in [0.15, 0.2) is 0 Å². The first-order valence-electron chi connectivity index (χ1n) is 5.96. The summed E-state index contributed by atoms with van der Waals surface area (Å²) in [6, 6.07) is 0. The Bertz CT molecular complexity index is 179. The highest BCUT2D eigenvalue weighted by Gasteiger charge is 2.12. The molecule has 1 rings (SSSR count). The molecule has 0 aromatic carbocycles. The summed E-state index contributed by atoms with van der Waals surface area (Å²) in [6.45, 7) is 5.03. The predicted octanol–water partition coefficient (Wildman–Crippen LogP) is 0.198. The summed E-state index contributed by atoms with van der Waals surface area (Å²) in [4.78, 5) is 13.8. The van der Waals surface area contributed by atoms with Crippen LogP contribution in [0.25, 0.3) is 0 Å². The van der Waals surface area contributed by atoms with Gasteiger partial charge in [0.15, 0.2) is 0 Å². The molecule has 0 saturated carbocycles. The highest BCUT2D eigenvalue weighted by atomic mass is 16.1. The Labute approximate surface area is 92.4 Å². The third-order valence-electron chi connectivity index (χ3n) is 2.78. The Morgan fingerprint density at radius 2 is 2.00 bits per heavy atom. The zero-order valence-electron chi connectivity index (χ0n) is 9.72. The second-order valence-corrected chi connectivity index (χ2v) is 4.11. The van der Waals surface area contributed by atoms with Crippen molar-refractivity contribution in [2.24, 2.45) is 0 Å². The van der Waals surface area contributed by atoms with E-state index in [1.807, 2.05) is 7.05 Å². The van der Waals surface area contributed by atoms with E-state index in [1.165, 1.54) is 25.9 Å². The second kappa shape index (κ2) is 7.65. The van der Waals surface area contributed by atoms with Gasteiger partial charge in [-0.05, 0) is 45.9 Å². The Kier molecular flexibility index (Phi) is 6.36. The lowest BCUT2D eigenvalue weighted by molar-refractivity contribution is -0.121. The maximum Gasteiger partial charge on any atom is 0.221 e. The van der Waals surface area contributed by atoms with Crippen LogP contribution in [0.4, 0.5) is 0 Å². The van der Waals surface area contributed by atoms with Gasteiger partial charge in [0.25, 0.3) is 0 Å². The van der Waals surface area contributed by atoms with Gasteiger partial charge in [0.2, 0.25) is 5.91 Å². The first-order valence-corrected chi connectivity index (χ1v) is 5.96. The lowest BCUT2D eigenvalue weighted by Crippen LogP contribution is -2.30. The van der Waals surface area contributed by atoms with E-state index in [0.29, 0.717) is 6.42 Å². The smallest absolute Gasteiger partial charge is 0.221 e. The molecule has 0 bridgehead atoms. The number of amides is 1. The van der Waals surface area contributed by atoms with Gasteiger partial charge in [-0.25, -0.2) is 0 Å². The molecule has 1 aliphatic rings. The van der Waals surface area contributed by atoms with E-state index in [9.17, 15) is 4.79 Å². The summed E-state index contributed by atoms with van der Waals surface area (Å²) in [7, 11) is 1.93. The van der Waals surface area contributed by atoms with Crippen LogP contribution in [0.1, 0.15) is 25.7 Å². The molecule has 4 heteroatoms. The van der Waals surface area contributed by atoms with Crippen LogP contribution in [0.2, 0.25) is 0 Å². The Balaban J connectivity index is 1.93. The molecule has 0 unspecified atom stereocenters. The molecule has 0 aliphatic carbocycles. The van der Waals surface area contributed by atoms with Gasteiger partial charge >= 0.3 is 0 Å². The molecule has 0 aromatic rings. The van der Waals surface area contributed by atoms with E-state index in [0.717, 1.165) is 26.1 Å². The molecule has 1 amide bonds. The van der Waals surface area contributed by atoms with E-state index in [4.69, 9.17) is 0 Å². The third-order valence-corrected chi connectivity index (χ3v) is 2.78. The van der Waals surface area contributed by atoms with Gasteiger partial charge < -0.3 is 15.5 Å². The normalized spacial score (nSPS) is 16.9. The minimum atomic E-state index is 0.193. The Morgan fingerprint density at radius 3 is 2.67 bits per heavy atom. The number of hydrogen-bond acceptors (Lipinski definition) is 3. The van der Waals surface area contributed by atoms with Gasteiger partial charge in [0.1, 0.15) is 0 Å². The van der Waals surface area contributed by atoms with E-state index < -0.39 is 0 Å². The zero-order chi connectivity index (χ0) is 10.9. The van der Waals surface area contributed by atoms with Crippen molar-refractivity contribution in [1.29, 1.82) is 0 Å². The van der Waals surface area contributed by atoms with Gasteiger partial charge in [-0.3, -0.25) is 4.79 Å². The summed E-state index contributed by atoms with van der Waals surface area (Å²) in [5, 5.41) is 5.99. The maximum atomic E-state index is 11.4. The molecular weight excluding hydrogens is 190 g/mol. The topological polar surface area (TPSA) is 44.4 Å². The molecular formula is C11H23N3O. The molecule has 2 N–H and O–H groups in total. The van der Waals surface area contributed by atoms with E-state index in [1.54, 1.807) is 0 Å². The molecule has 0 aromatic heterocycles. The predicted molar refractivity (Wildman–Crippen MR) is 61.8 cm³/mol. The number of nitrogens with zero attached hydrogens (tertiary/aromatic N) is 1. The van der Waals surface area contributed by atoms with E-state index >= 15 is 0 Å². The fourth-order valence-electron chi connectivity index (χ4n) is 1.85. The van der Waals surface area contributed by atoms with Crippen molar-refractivity contribution in [1.82, 2.24) is 15.5 Å². The number of likely N-dealkylation sites (tertiary alicyclic amines) is 1. The molecule has 88 valence electrons. The molecule has 1 saturated heterocycles. The number of nitrogens with one attached hydrogen (secondary N) is 2. The maximum absolute atomic E-state index is 11.4. The van der Waals surface area contributed by atoms with E-state index in [-0.39, 0.29) is 5.91 Å². The fourth-order valence-corrected chi connectivity index (χ4v) is 1.85. The van der Waals surface area contributed by atoms with Crippen molar-refractivity contribution in [2.45, 2.75) is 25.7 Å². The molecule has 1 heterocycles. The number of hydrogen-bond donors (Lipinski definition) is 2. The minimum absolute atomic E-state index is 0.193. The third kappa shape index (κ3) is 5.74. The van der Waals surface area contributed by atoms with Gasteiger partial charge in [-0.2, -0.15) is 0 Å². The van der Waals surface area contributed by atoms with E-state index in [2.05, 4.69) is 15.5 Å². The number of rotatable bonds is 7. The largest absolute Gasteiger partial charge is 0.356 e. The fraction of sp³-hybridized carbons (Fsp3) is 0.909. The van der Waals surface area contributed by atoms with Crippen LogP contribution in [-0.4, -0.2) is 50.6 Å². The molecule has 1 aliphatic heterocycles. The standard InChI is InChI=1S/C11H23N3O/c1-12-6-4-7-13-11(15)5-10-14-8-2-3-9-14/h12H,2-10H2,1H3,(H,13,15). The van der Waals surface area contributed by atoms with Gasteiger partial charge in [-0.15, -0.1) is 0 Å². The van der Waals surface area contributed by atoms with Crippen LogP contribution in [0.3, 0.4) is 0 Å². The van der Waals surface area contributed by atoms with Crippen molar-refractivity contribution < 1.29 is 4.79 Å². The first-order chi connectivity index (χ1) is 7.33. The summed E-state index contributed by atoms with van der Waals surface area (Å²) in [5.41, 5.74) is 0. The summed E-state index contributed by atoms with van der Waals surface area (Å²) in [5.74, 6) is 0.193. The molecule has 0 radical (unpaired) electrons.